The van der Waals surface area contributed by atoms with Crippen molar-refractivity contribution in [2.75, 3.05) is 12.8 Å². The number of aromatic amines is 1. The molecule has 4 N–H and O–H groups in total. The molecule has 100 valence electrons. The summed E-state index contributed by atoms with van der Waals surface area (Å²) >= 11 is 1.39. The van der Waals surface area contributed by atoms with E-state index in [4.69, 9.17) is 5.73 Å². The summed E-state index contributed by atoms with van der Waals surface area (Å²) in [6.07, 6.45) is 0.557. The Morgan fingerprint density at radius 2 is 2.33 bits per heavy atom. The number of carbonyl (C=O) groups is 1. The van der Waals surface area contributed by atoms with E-state index < -0.39 is 11.4 Å². The first-order valence-electron chi connectivity index (χ1n) is 5.57. The summed E-state index contributed by atoms with van der Waals surface area (Å²) in [6.45, 7) is 3.52. The van der Waals surface area contributed by atoms with E-state index in [-0.39, 0.29) is 5.56 Å². The average molecular weight is 270 g/mol. The Labute approximate surface area is 110 Å². The molecule has 0 aliphatic carbocycles. The molecule has 7 heteroatoms. The van der Waals surface area contributed by atoms with Crippen LogP contribution in [0, 0.1) is 6.92 Å². The number of rotatable bonds is 6. The van der Waals surface area contributed by atoms with Crippen molar-refractivity contribution < 1.29 is 4.79 Å². The second kappa shape index (κ2) is 6.01. The summed E-state index contributed by atoms with van der Waals surface area (Å²) < 4.78 is 0. The number of aromatic nitrogens is 2. The number of primary amides is 1. The zero-order chi connectivity index (χ0) is 13.8. The molecular formula is C11H18N4O2S. The van der Waals surface area contributed by atoms with Crippen molar-refractivity contribution in [3.05, 3.63) is 22.1 Å². The summed E-state index contributed by atoms with van der Waals surface area (Å²) in [5.74, 6) is 0.239. The molecule has 1 aromatic rings. The van der Waals surface area contributed by atoms with Gasteiger partial charge in [-0.1, -0.05) is 11.8 Å². The van der Waals surface area contributed by atoms with Crippen LogP contribution in [0.5, 0.6) is 0 Å². The zero-order valence-electron chi connectivity index (χ0n) is 10.7. The minimum absolute atomic E-state index is 0.170. The molecule has 1 heterocycles. The van der Waals surface area contributed by atoms with Gasteiger partial charge in [-0.05, 0) is 27.3 Å². The van der Waals surface area contributed by atoms with Gasteiger partial charge >= 0.3 is 0 Å². The largest absolute Gasteiger partial charge is 0.368 e. The Balaban J connectivity index is 2.61. The monoisotopic (exact) mass is 270 g/mol. The molecule has 0 spiro atoms. The second-order valence-electron chi connectivity index (χ2n) is 4.24. The molecule has 0 aliphatic heterocycles. The normalized spacial score (nSPS) is 14.2. The van der Waals surface area contributed by atoms with Gasteiger partial charge in [-0.15, -0.1) is 0 Å². The quantitative estimate of drug-likeness (QED) is 0.500. The van der Waals surface area contributed by atoms with Crippen LogP contribution in [0.3, 0.4) is 0 Å². The van der Waals surface area contributed by atoms with Gasteiger partial charge in [0.1, 0.15) is 0 Å². The third-order valence-electron chi connectivity index (χ3n) is 2.78. The smallest absolute Gasteiger partial charge is 0.251 e. The standard InChI is InChI=1S/C11H18N4O2S/c1-7-6-8(16)15-10(14-7)18-5-4-11(2,13-3)9(12)17/h6,13H,4-5H2,1-3H3,(H2,12,17)(H,14,15,16). The molecule has 1 amide bonds. The van der Waals surface area contributed by atoms with Crippen LogP contribution in [0.4, 0.5) is 0 Å². The van der Waals surface area contributed by atoms with Crippen molar-refractivity contribution >= 4 is 17.7 Å². The van der Waals surface area contributed by atoms with Crippen molar-refractivity contribution in [3.8, 4) is 0 Å². The lowest BCUT2D eigenvalue weighted by atomic mass is 9.99. The summed E-state index contributed by atoms with van der Waals surface area (Å²) in [5.41, 5.74) is 5.09. The first kappa shape index (κ1) is 14.7. The van der Waals surface area contributed by atoms with Crippen LogP contribution >= 0.6 is 11.8 Å². The number of nitrogens with zero attached hydrogens (tertiary/aromatic N) is 1. The van der Waals surface area contributed by atoms with Crippen LogP contribution in [-0.2, 0) is 4.79 Å². The van der Waals surface area contributed by atoms with Crippen molar-refractivity contribution in [3.63, 3.8) is 0 Å². The van der Waals surface area contributed by atoms with Crippen molar-refractivity contribution in [2.45, 2.75) is 31.0 Å². The maximum absolute atomic E-state index is 11.3. The number of nitrogens with two attached hydrogens (primary N) is 1. The first-order chi connectivity index (χ1) is 8.37. The molecule has 1 atom stereocenters. The van der Waals surface area contributed by atoms with Gasteiger partial charge in [0.15, 0.2) is 5.16 Å². The Bertz CT molecular complexity index is 488. The molecule has 0 fully saturated rings. The molecule has 6 nitrogen and oxygen atoms in total. The molecule has 1 aromatic heterocycles. The van der Waals surface area contributed by atoms with Gasteiger partial charge in [-0.2, -0.15) is 0 Å². The fraction of sp³-hybridized carbons (Fsp3) is 0.545. The van der Waals surface area contributed by atoms with Gasteiger partial charge in [-0.3, -0.25) is 9.59 Å². The predicted molar refractivity (Wildman–Crippen MR) is 71.6 cm³/mol. The number of amides is 1. The Hall–Kier alpha value is -1.34. The number of likely N-dealkylation sites (N-methyl/N-ethyl adjacent to an activating group) is 1. The van der Waals surface area contributed by atoms with E-state index in [0.717, 1.165) is 0 Å². The van der Waals surface area contributed by atoms with Crippen LogP contribution in [0.1, 0.15) is 19.0 Å². The highest BCUT2D eigenvalue weighted by Gasteiger charge is 2.28. The number of nitrogens with one attached hydrogen (secondary N) is 2. The predicted octanol–water partition coefficient (Wildman–Crippen LogP) is 0.0239. The van der Waals surface area contributed by atoms with Gasteiger partial charge in [0, 0.05) is 17.5 Å². The van der Waals surface area contributed by atoms with Crippen LogP contribution in [0.2, 0.25) is 0 Å². The molecular weight excluding hydrogens is 252 g/mol. The summed E-state index contributed by atoms with van der Waals surface area (Å²) in [7, 11) is 1.70. The average Bonchev–Trinajstić information content (AvgIpc) is 2.27. The lowest BCUT2D eigenvalue weighted by Gasteiger charge is -2.24. The lowest BCUT2D eigenvalue weighted by molar-refractivity contribution is -0.123. The van der Waals surface area contributed by atoms with Gasteiger partial charge in [-0.25, -0.2) is 4.98 Å². The summed E-state index contributed by atoms with van der Waals surface area (Å²) in [4.78, 5) is 29.4. The van der Waals surface area contributed by atoms with E-state index >= 15 is 0 Å². The molecule has 0 aromatic carbocycles. The number of hydrogen-bond acceptors (Lipinski definition) is 5. The van der Waals surface area contributed by atoms with Crippen LogP contribution in [0.15, 0.2) is 16.0 Å². The van der Waals surface area contributed by atoms with E-state index in [9.17, 15) is 9.59 Å². The zero-order valence-corrected chi connectivity index (χ0v) is 11.6. The summed E-state index contributed by atoms with van der Waals surface area (Å²) in [6, 6.07) is 1.44. The molecule has 0 radical (unpaired) electrons. The fourth-order valence-corrected chi connectivity index (χ4v) is 2.43. The van der Waals surface area contributed by atoms with E-state index in [1.807, 2.05) is 0 Å². The third kappa shape index (κ3) is 3.85. The minimum atomic E-state index is -0.739. The van der Waals surface area contributed by atoms with Crippen LogP contribution in [-0.4, -0.2) is 34.2 Å². The fourth-order valence-electron chi connectivity index (χ4n) is 1.34. The number of hydrogen-bond donors (Lipinski definition) is 3. The molecule has 0 aliphatic rings. The second-order valence-corrected chi connectivity index (χ2v) is 5.32. The number of aryl methyl sites for hydroxylation is 1. The van der Waals surface area contributed by atoms with Crippen LogP contribution < -0.4 is 16.6 Å². The molecule has 18 heavy (non-hydrogen) atoms. The SMILES string of the molecule is CNC(C)(CCSc1nc(C)cc(=O)[nH]1)C(N)=O. The van der Waals surface area contributed by atoms with Gasteiger partial charge in [0.25, 0.3) is 5.56 Å². The van der Waals surface area contributed by atoms with E-state index in [1.165, 1.54) is 17.8 Å². The topological polar surface area (TPSA) is 101 Å². The Morgan fingerprint density at radius 1 is 1.67 bits per heavy atom. The maximum Gasteiger partial charge on any atom is 0.251 e. The van der Waals surface area contributed by atoms with Gasteiger partial charge < -0.3 is 16.0 Å². The van der Waals surface area contributed by atoms with E-state index in [2.05, 4.69) is 15.3 Å². The van der Waals surface area contributed by atoms with Gasteiger partial charge in [0.2, 0.25) is 5.91 Å². The van der Waals surface area contributed by atoms with Crippen LogP contribution in [0.25, 0.3) is 0 Å². The Morgan fingerprint density at radius 3 is 2.83 bits per heavy atom. The molecule has 0 bridgehead atoms. The molecule has 1 unspecified atom stereocenters. The molecule has 0 saturated carbocycles. The van der Waals surface area contributed by atoms with Crippen molar-refractivity contribution in [1.82, 2.24) is 15.3 Å². The third-order valence-corrected chi connectivity index (χ3v) is 3.66. The minimum Gasteiger partial charge on any atom is -0.368 e. The van der Waals surface area contributed by atoms with E-state index in [1.54, 1.807) is 20.9 Å². The Kier molecular flexibility index (Phi) is 4.92. The van der Waals surface area contributed by atoms with Gasteiger partial charge in [0.05, 0.1) is 5.54 Å². The first-order valence-corrected chi connectivity index (χ1v) is 6.55. The summed E-state index contributed by atoms with van der Waals surface area (Å²) in [5, 5.41) is 3.46. The lowest BCUT2D eigenvalue weighted by Crippen LogP contribution is -2.51. The number of thioether (sulfide) groups is 1. The van der Waals surface area contributed by atoms with Crippen molar-refractivity contribution in [2.24, 2.45) is 5.73 Å². The highest BCUT2D eigenvalue weighted by Crippen LogP contribution is 2.17. The highest BCUT2D eigenvalue weighted by molar-refractivity contribution is 7.99. The number of H-pyrrole nitrogens is 1. The van der Waals surface area contributed by atoms with E-state index in [0.29, 0.717) is 23.0 Å². The van der Waals surface area contributed by atoms with Crippen molar-refractivity contribution in [1.29, 1.82) is 0 Å². The number of carbonyl (C=O) groups excluding carboxylic acids is 1. The molecule has 1 rings (SSSR count). The molecule has 0 saturated heterocycles. The highest BCUT2D eigenvalue weighted by atomic mass is 32.2. The maximum atomic E-state index is 11.3.